The Bertz CT molecular complexity index is 1090. The minimum Gasteiger partial charge on any atom is -0.361 e. The van der Waals surface area contributed by atoms with Crippen molar-refractivity contribution >= 4 is 22.4 Å². The van der Waals surface area contributed by atoms with Gasteiger partial charge in [-0.3, -0.25) is 9.69 Å². The number of halogens is 1. The van der Waals surface area contributed by atoms with Crippen LogP contribution in [0.15, 0.2) is 70.6 Å². The maximum Gasteiger partial charge on any atom is 0.282 e. The van der Waals surface area contributed by atoms with Gasteiger partial charge in [0.2, 0.25) is 0 Å². The molecule has 0 unspecified atom stereocenters. The number of aromatic nitrogens is 2. The Morgan fingerprint density at radius 2 is 1.89 bits per heavy atom. The maximum atomic E-state index is 13.2. The van der Waals surface area contributed by atoms with Crippen LogP contribution in [0.5, 0.6) is 0 Å². The molecule has 0 aliphatic rings. The first-order chi connectivity index (χ1) is 13.6. The molecule has 2 heterocycles. The Kier molecular flexibility index (Phi) is 4.99. The third kappa shape index (κ3) is 3.84. The number of hydrogen-bond acceptors (Lipinski definition) is 5. The molecular formula is C21H16FN3O2S. The van der Waals surface area contributed by atoms with Crippen molar-refractivity contribution in [2.75, 3.05) is 4.90 Å². The van der Waals surface area contributed by atoms with E-state index >= 15 is 0 Å². The van der Waals surface area contributed by atoms with E-state index in [-0.39, 0.29) is 17.4 Å². The first-order valence-corrected chi connectivity index (χ1v) is 9.49. The molecule has 0 fully saturated rings. The highest BCUT2D eigenvalue weighted by Crippen LogP contribution is 2.29. The fourth-order valence-corrected chi connectivity index (χ4v) is 3.57. The number of thiazole rings is 1. The molecule has 0 aliphatic carbocycles. The lowest BCUT2D eigenvalue weighted by Gasteiger charge is -2.18. The molecule has 4 aromatic rings. The lowest BCUT2D eigenvalue weighted by atomic mass is 10.2. The summed E-state index contributed by atoms with van der Waals surface area (Å²) in [5.74, 6) is -0.0312. The molecule has 140 valence electrons. The van der Waals surface area contributed by atoms with Gasteiger partial charge in [-0.1, -0.05) is 35.5 Å². The van der Waals surface area contributed by atoms with E-state index in [1.54, 1.807) is 30.0 Å². The monoisotopic (exact) mass is 393 g/mol. The van der Waals surface area contributed by atoms with E-state index in [0.717, 1.165) is 11.1 Å². The van der Waals surface area contributed by atoms with E-state index in [0.29, 0.717) is 23.1 Å². The second-order valence-corrected chi connectivity index (χ2v) is 7.06. The highest BCUT2D eigenvalue weighted by Gasteiger charge is 2.24. The van der Waals surface area contributed by atoms with Gasteiger partial charge in [0.25, 0.3) is 5.91 Å². The number of carbonyl (C=O) groups is 1. The minimum atomic E-state index is -0.304. The van der Waals surface area contributed by atoms with Crippen molar-refractivity contribution in [2.24, 2.45) is 0 Å². The van der Waals surface area contributed by atoms with Crippen molar-refractivity contribution < 1.29 is 13.7 Å². The SMILES string of the molecule is Cc1cc(C(=O)N(Cc2ccccc2)c2nc(-c3ccc(F)cc3)cs2)no1. The molecule has 0 radical (unpaired) electrons. The van der Waals surface area contributed by atoms with Gasteiger partial charge in [0, 0.05) is 17.0 Å². The van der Waals surface area contributed by atoms with Crippen LogP contribution in [0.25, 0.3) is 11.3 Å². The molecule has 2 aromatic heterocycles. The van der Waals surface area contributed by atoms with Crippen LogP contribution in [0, 0.1) is 12.7 Å². The van der Waals surface area contributed by atoms with Gasteiger partial charge in [0.15, 0.2) is 10.8 Å². The van der Waals surface area contributed by atoms with Gasteiger partial charge in [0.05, 0.1) is 12.2 Å². The third-order valence-corrected chi connectivity index (χ3v) is 5.00. The zero-order chi connectivity index (χ0) is 19.5. The van der Waals surface area contributed by atoms with Gasteiger partial charge in [-0.2, -0.15) is 0 Å². The number of rotatable bonds is 5. The van der Waals surface area contributed by atoms with Gasteiger partial charge < -0.3 is 4.52 Å². The third-order valence-electron chi connectivity index (χ3n) is 4.14. The average Bonchev–Trinajstić information content (AvgIpc) is 3.36. The van der Waals surface area contributed by atoms with Crippen LogP contribution in [-0.4, -0.2) is 16.0 Å². The summed E-state index contributed by atoms with van der Waals surface area (Å²) >= 11 is 1.35. The quantitative estimate of drug-likeness (QED) is 0.474. The van der Waals surface area contributed by atoms with E-state index in [1.807, 2.05) is 35.7 Å². The maximum absolute atomic E-state index is 13.2. The molecule has 0 aliphatic heterocycles. The molecule has 4 rings (SSSR count). The summed E-state index contributed by atoms with van der Waals surface area (Å²) in [5, 5.41) is 6.23. The zero-order valence-electron chi connectivity index (χ0n) is 15.0. The second kappa shape index (κ2) is 7.74. The number of carbonyl (C=O) groups excluding carboxylic acids is 1. The summed E-state index contributed by atoms with van der Waals surface area (Å²) in [4.78, 5) is 19.3. The number of amides is 1. The predicted octanol–water partition coefficient (Wildman–Crippen LogP) is 5.09. The van der Waals surface area contributed by atoms with E-state index in [4.69, 9.17) is 4.52 Å². The molecule has 0 bridgehead atoms. The highest BCUT2D eigenvalue weighted by atomic mass is 32.1. The molecule has 1 amide bonds. The van der Waals surface area contributed by atoms with Crippen LogP contribution in [-0.2, 0) is 6.54 Å². The summed E-state index contributed by atoms with van der Waals surface area (Å²) < 4.78 is 18.2. The van der Waals surface area contributed by atoms with E-state index in [9.17, 15) is 9.18 Å². The van der Waals surface area contributed by atoms with Gasteiger partial charge >= 0.3 is 0 Å². The molecule has 0 saturated heterocycles. The first-order valence-electron chi connectivity index (χ1n) is 8.61. The van der Waals surface area contributed by atoms with E-state index in [1.165, 1.54) is 23.5 Å². The second-order valence-electron chi connectivity index (χ2n) is 6.22. The average molecular weight is 393 g/mol. The number of aryl methyl sites for hydroxylation is 1. The minimum absolute atomic E-state index is 0.229. The van der Waals surface area contributed by atoms with Crippen molar-refractivity contribution in [1.82, 2.24) is 10.1 Å². The van der Waals surface area contributed by atoms with Crippen LogP contribution >= 0.6 is 11.3 Å². The van der Waals surface area contributed by atoms with Gasteiger partial charge in [-0.05, 0) is 36.8 Å². The number of hydrogen-bond donors (Lipinski definition) is 0. The fraction of sp³-hybridized carbons (Fsp3) is 0.0952. The zero-order valence-corrected chi connectivity index (χ0v) is 15.8. The summed E-state index contributed by atoms with van der Waals surface area (Å²) in [6.07, 6.45) is 0. The van der Waals surface area contributed by atoms with Gasteiger partial charge in [0.1, 0.15) is 11.6 Å². The summed E-state index contributed by atoms with van der Waals surface area (Å²) in [5.41, 5.74) is 2.66. The lowest BCUT2D eigenvalue weighted by molar-refractivity contribution is 0.0976. The Hall–Kier alpha value is -3.32. The van der Waals surface area contributed by atoms with Crippen LogP contribution in [0.3, 0.4) is 0 Å². The molecule has 2 aromatic carbocycles. The first kappa shape index (κ1) is 18.1. The van der Waals surface area contributed by atoms with Crippen molar-refractivity contribution in [1.29, 1.82) is 0 Å². The molecule has 7 heteroatoms. The Balaban J connectivity index is 1.68. The molecule has 0 N–H and O–H groups in total. The van der Waals surface area contributed by atoms with Crippen molar-refractivity contribution in [3.63, 3.8) is 0 Å². The number of benzene rings is 2. The topological polar surface area (TPSA) is 59.2 Å². The van der Waals surface area contributed by atoms with Gasteiger partial charge in [-0.15, -0.1) is 11.3 Å². The van der Waals surface area contributed by atoms with Gasteiger partial charge in [-0.25, -0.2) is 9.37 Å². The van der Waals surface area contributed by atoms with Crippen LogP contribution in [0.1, 0.15) is 21.8 Å². The summed E-state index contributed by atoms with van der Waals surface area (Å²) in [6, 6.07) is 17.4. The van der Waals surface area contributed by atoms with Crippen LogP contribution < -0.4 is 4.90 Å². The Labute approximate surface area is 165 Å². The van der Waals surface area contributed by atoms with E-state index < -0.39 is 0 Å². The molecular weight excluding hydrogens is 377 g/mol. The van der Waals surface area contributed by atoms with E-state index in [2.05, 4.69) is 10.1 Å². The highest BCUT2D eigenvalue weighted by molar-refractivity contribution is 7.14. The van der Waals surface area contributed by atoms with Crippen molar-refractivity contribution in [3.05, 3.63) is 88.9 Å². The number of nitrogens with zero attached hydrogens (tertiary/aromatic N) is 3. The Morgan fingerprint density at radius 3 is 2.57 bits per heavy atom. The standard InChI is InChI=1S/C21H16FN3O2S/c1-14-11-18(24-27-14)20(26)25(12-15-5-3-2-4-6-15)21-23-19(13-28-21)16-7-9-17(22)10-8-16/h2-11,13H,12H2,1H3. The number of anilines is 1. The molecule has 0 spiro atoms. The normalized spacial score (nSPS) is 10.8. The Morgan fingerprint density at radius 1 is 1.14 bits per heavy atom. The molecule has 0 saturated carbocycles. The van der Waals surface area contributed by atoms with Crippen LogP contribution in [0.2, 0.25) is 0 Å². The van der Waals surface area contributed by atoms with Crippen molar-refractivity contribution in [3.8, 4) is 11.3 Å². The largest absolute Gasteiger partial charge is 0.361 e. The lowest BCUT2D eigenvalue weighted by Crippen LogP contribution is -2.30. The predicted molar refractivity (Wildman–Crippen MR) is 106 cm³/mol. The molecule has 5 nitrogen and oxygen atoms in total. The summed E-state index contributed by atoms with van der Waals surface area (Å²) in [7, 11) is 0. The van der Waals surface area contributed by atoms with Crippen molar-refractivity contribution in [2.45, 2.75) is 13.5 Å². The fourth-order valence-electron chi connectivity index (χ4n) is 2.74. The summed E-state index contributed by atoms with van der Waals surface area (Å²) in [6.45, 7) is 2.09. The smallest absolute Gasteiger partial charge is 0.282 e. The molecule has 28 heavy (non-hydrogen) atoms. The van der Waals surface area contributed by atoms with Crippen LogP contribution in [0.4, 0.5) is 9.52 Å². The molecule has 0 atom stereocenters.